The molecule has 0 aromatic heterocycles. The summed E-state index contributed by atoms with van der Waals surface area (Å²) in [6, 6.07) is 6.50. The molecule has 3 rings (SSSR count). The van der Waals surface area contributed by atoms with Crippen LogP contribution in [0.5, 0.6) is 0 Å². The minimum absolute atomic E-state index is 0.376. The van der Waals surface area contributed by atoms with Crippen molar-refractivity contribution >= 4 is 5.78 Å². The van der Waals surface area contributed by atoms with Crippen molar-refractivity contribution in [1.29, 1.82) is 0 Å². The van der Waals surface area contributed by atoms with Gasteiger partial charge in [0.15, 0.2) is 0 Å². The van der Waals surface area contributed by atoms with Crippen molar-refractivity contribution in [1.82, 2.24) is 4.90 Å². The molecule has 3 heteroatoms. The zero-order chi connectivity index (χ0) is 14.7. The van der Waals surface area contributed by atoms with Gasteiger partial charge in [0.1, 0.15) is 5.78 Å². The van der Waals surface area contributed by atoms with Crippen molar-refractivity contribution in [3.8, 4) is 0 Å². The molecule has 0 spiro atoms. The molecular weight excluding hydrogens is 262 g/mol. The molecule has 114 valence electrons. The lowest BCUT2D eigenvalue weighted by atomic mass is 9.89. The third kappa shape index (κ3) is 3.72. The van der Waals surface area contributed by atoms with Gasteiger partial charge in [-0.05, 0) is 48.8 Å². The molecular formula is C18H25NO2. The van der Waals surface area contributed by atoms with E-state index < -0.39 is 0 Å². The fraction of sp³-hybridized carbons (Fsp3) is 0.611. The molecule has 1 aromatic rings. The predicted molar refractivity (Wildman–Crippen MR) is 83.3 cm³/mol. The van der Waals surface area contributed by atoms with E-state index in [1.165, 1.54) is 30.4 Å². The van der Waals surface area contributed by atoms with Crippen LogP contribution in [-0.4, -0.2) is 35.4 Å². The fourth-order valence-electron chi connectivity index (χ4n) is 3.46. The minimum Gasteiger partial charge on any atom is -0.388 e. The largest absolute Gasteiger partial charge is 0.388 e. The maximum absolute atomic E-state index is 11.2. The second-order valence-electron chi connectivity index (χ2n) is 6.42. The number of fused-ring (bicyclic) bond motifs is 1. The lowest BCUT2D eigenvalue weighted by Gasteiger charge is -2.27. The van der Waals surface area contributed by atoms with Gasteiger partial charge in [-0.3, -0.25) is 4.79 Å². The Morgan fingerprint density at radius 1 is 1.05 bits per heavy atom. The highest BCUT2D eigenvalue weighted by Gasteiger charge is 2.18. The predicted octanol–water partition coefficient (Wildman–Crippen LogP) is 2.65. The molecule has 21 heavy (non-hydrogen) atoms. The monoisotopic (exact) mass is 287 g/mol. The smallest absolute Gasteiger partial charge is 0.135 e. The van der Waals surface area contributed by atoms with E-state index in [2.05, 4.69) is 23.1 Å². The number of aliphatic hydroxyl groups excluding tert-OH is 1. The number of Topliss-reactive ketones (excluding diaryl/α,β-unsaturated/α-hetero) is 1. The second-order valence-corrected chi connectivity index (χ2v) is 6.42. The molecule has 2 aliphatic rings. The van der Waals surface area contributed by atoms with Gasteiger partial charge in [-0.15, -0.1) is 0 Å². The van der Waals surface area contributed by atoms with Crippen molar-refractivity contribution < 1.29 is 9.90 Å². The third-order valence-electron chi connectivity index (χ3n) is 4.89. The van der Waals surface area contributed by atoms with E-state index in [1.807, 2.05) is 0 Å². The zero-order valence-corrected chi connectivity index (χ0v) is 12.7. The summed E-state index contributed by atoms with van der Waals surface area (Å²) in [5.41, 5.74) is 3.96. The van der Waals surface area contributed by atoms with Gasteiger partial charge < -0.3 is 10.0 Å². The van der Waals surface area contributed by atoms with Crippen LogP contribution < -0.4 is 0 Å². The summed E-state index contributed by atoms with van der Waals surface area (Å²) in [5, 5.41) is 10.4. The van der Waals surface area contributed by atoms with Gasteiger partial charge in [0.2, 0.25) is 0 Å². The summed E-state index contributed by atoms with van der Waals surface area (Å²) in [6.07, 6.45) is 6.64. The number of carbonyl (C=O) groups excluding carboxylic acids is 1. The van der Waals surface area contributed by atoms with Gasteiger partial charge >= 0.3 is 0 Å². The van der Waals surface area contributed by atoms with Crippen molar-refractivity contribution in [3.63, 3.8) is 0 Å². The first-order valence-electron chi connectivity index (χ1n) is 8.26. The van der Waals surface area contributed by atoms with Gasteiger partial charge in [0.05, 0.1) is 6.10 Å². The van der Waals surface area contributed by atoms with Crippen LogP contribution in [0.4, 0.5) is 0 Å². The zero-order valence-electron chi connectivity index (χ0n) is 12.7. The number of benzene rings is 1. The highest BCUT2D eigenvalue weighted by Crippen LogP contribution is 2.26. The molecule has 1 aliphatic heterocycles. The van der Waals surface area contributed by atoms with Crippen LogP contribution in [0, 0.1) is 0 Å². The number of nitrogens with zero attached hydrogens (tertiary/aromatic N) is 1. The molecule has 1 unspecified atom stereocenters. The van der Waals surface area contributed by atoms with Gasteiger partial charge in [-0.1, -0.05) is 18.2 Å². The number of rotatable bonds is 4. The molecule has 1 fully saturated rings. The molecule has 1 N–H and O–H groups in total. The van der Waals surface area contributed by atoms with Crippen LogP contribution >= 0.6 is 0 Å². The Morgan fingerprint density at radius 3 is 2.52 bits per heavy atom. The number of hydrogen-bond donors (Lipinski definition) is 1. The molecule has 1 aliphatic carbocycles. The second kappa shape index (κ2) is 6.71. The lowest BCUT2D eigenvalue weighted by Crippen LogP contribution is -2.35. The minimum atomic E-state index is -0.380. The SMILES string of the molecule is O=C1CCN(CCC(O)c2ccc3c(c2)CCCC3)CC1. The summed E-state index contributed by atoms with van der Waals surface area (Å²) >= 11 is 0. The molecule has 0 radical (unpaired) electrons. The van der Waals surface area contributed by atoms with Crippen molar-refractivity contribution in [3.05, 3.63) is 34.9 Å². The standard InChI is InChI=1S/C18H25NO2/c20-17-7-10-19(11-8-17)12-9-18(21)16-6-5-14-3-1-2-4-15(14)13-16/h5-6,13,18,21H,1-4,7-12H2. The average molecular weight is 287 g/mol. The number of hydrogen-bond acceptors (Lipinski definition) is 3. The Balaban J connectivity index is 1.55. The summed E-state index contributed by atoms with van der Waals surface area (Å²) in [7, 11) is 0. The van der Waals surface area contributed by atoms with Gasteiger partial charge in [0.25, 0.3) is 0 Å². The summed E-state index contributed by atoms with van der Waals surface area (Å²) in [6.45, 7) is 2.59. The van der Waals surface area contributed by atoms with E-state index in [9.17, 15) is 9.90 Å². The Labute approximate surface area is 127 Å². The first-order chi connectivity index (χ1) is 10.2. The van der Waals surface area contributed by atoms with Crippen LogP contribution in [0.2, 0.25) is 0 Å². The highest BCUT2D eigenvalue weighted by atomic mass is 16.3. The Hall–Kier alpha value is -1.19. The van der Waals surface area contributed by atoms with Crippen LogP contribution in [0.25, 0.3) is 0 Å². The fourth-order valence-corrected chi connectivity index (χ4v) is 3.46. The van der Waals surface area contributed by atoms with Crippen molar-refractivity contribution in [2.45, 2.75) is 51.0 Å². The number of ketones is 1. The molecule has 3 nitrogen and oxygen atoms in total. The lowest BCUT2D eigenvalue weighted by molar-refractivity contribution is -0.121. The topological polar surface area (TPSA) is 40.5 Å². The number of aryl methyl sites for hydroxylation is 2. The van der Waals surface area contributed by atoms with Crippen LogP contribution in [-0.2, 0) is 17.6 Å². The maximum atomic E-state index is 11.2. The van der Waals surface area contributed by atoms with E-state index in [0.717, 1.165) is 38.0 Å². The highest BCUT2D eigenvalue weighted by molar-refractivity contribution is 5.79. The molecule has 1 atom stereocenters. The van der Waals surface area contributed by atoms with Crippen LogP contribution in [0.15, 0.2) is 18.2 Å². The van der Waals surface area contributed by atoms with Gasteiger partial charge in [-0.25, -0.2) is 0 Å². The third-order valence-corrected chi connectivity index (χ3v) is 4.89. The van der Waals surface area contributed by atoms with Crippen LogP contribution in [0.3, 0.4) is 0 Å². The molecule has 0 bridgehead atoms. The van der Waals surface area contributed by atoms with Crippen molar-refractivity contribution in [2.75, 3.05) is 19.6 Å². The van der Waals surface area contributed by atoms with E-state index in [1.54, 1.807) is 0 Å². The summed E-state index contributed by atoms with van der Waals surface area (Å²) in [4.78, 5) is 13.5. The normalized spacial score (nSPS) is 21.1. The van der Waals surface area contributed by atoms with Crippen LogP contribution in [0.1, 0.15) is 54.9 Å². The van der Waals surface area contributed by atoms with Gasteiger partial charge in [-0.2, -0.15) is 0 Å². The number of likely N-dealkylation sites (tertiary alicyclic amines) is 1. The van der Waals surface area contributed by atoms with Gasteiger partial charge in [0, 0.05) is 32.5 Å². The molecule has 0 amide bonds. The van der Waals surface area contributed by atoms with Crippen molar-refractivity contribution in [2.24, 2.45) is 0 Å². The summed E-state index contributed by atoms with van der Waals surface area (Å²) < 4.78 is 0. The van der Waals surface area contributed by atoms with E-state index in [0.29, 0.717) is 18.6 Å². The Kier molecular flexibility index (Phi) is 4.71. The molecule has 1 saturated heterocycles. The first kappa shape index (κ1) is 14.7. The Bertz CT molecular complexity index is 502. The number of aliphatic hydroxyl groups is 1. The average Bonchev–Trinajstić information content (AvgIpc) is 2.53. The number of carbonyl (C=O) groups is 1. The molecule has 1 aromatic carbocycles. The molecule has 0 saturated carbocycles. The van der Waals surface area contributed by atoms with E-state index in [-0.39, 0.29) is 6.10 Å². The Morgan fingerprint density at radius 2 is 1.76 bits per heavy atom. The van der Waals surface area contributed by atoms with E-state index in [4.69, 9.17) is 0 Å². The quantitative estimate of drug-likeness (QED) is 0.925. The summed E-state index contributed by atoms with van der Waals surface area (Å²) in [5.74, 6) is 0.376. The first-order valence-corrected chi connectivity index (χ1v) is 8.26. The van der Waals surface area contributed by atoms with E-state index >= 15 is 0 Å². The maximum Gasteiger partial charge on any atom is 0.135 e. The number of piperidine rings is 1. The molecule has 1 heterocycles.